The summed E-state index contributed by atoms with van der Waals surface area (Å²) in [6.45, 7) is 5.63. The van der Waals surface area contributed by atoms with Crippen LogP contribution in [-0.2, 0) is 13.0 Å². The normalized spacial score (nSPS) is 16.6. The minimum atomic E-state index is 0.0379. The molecule has 1 saturated heterocycles. The number of aromatic amines is 1. The van der Waals surface area contributed by atoms with Crippen LogP contribution in [0.25, 0.3) is 10.9 Å². The molecule has 1 aliphatic heterocycles. The van der Waals surface area contributed by atoms with Gasteiger partial charge in [-0.25, -0.2) is 0 Å². The van der Waals surface area contributed by atoms with Gasteiger partial charge in [-0.15, -0.1) is 0 Å². The van der Waals surface area contributed by atoms with Crippen LogP contribution < -0.4 is 0 Å². The summed E-state index contributed by atoms with van der Waals surface area (Å²) in [6, 6.07) is 26.3. The molecule has 5 nitrogen and oxygen atoms in total. The Kier molecular flexibility index (Phi) is 7.38. The van der Waals surface area contributed by atoms with Crippen molar-refractivity contribution in [3.8, 4) is 5.75 Å². The molecule has 0 bridgehead atoms. The van der Waals surface area contributed by atoms with Gasteiger partial charge >= 0.3 is 0 Å². The Morgan fingerprint density at radius 1 is 0.972 bits per heavy atom. The fourth-order valence-electron chi connectivity index (χ4n) is 5.49. The molecule has 4 aromatic rings. The number of amides is 1. The van der Waals surface area contributed by atoms with Gasteiger partial charge in [0.1, 0.15) is 5.75 Å². The lowest BCUT2D eigenvalue weighted by Crippen LogP contribution is -2.40. The van der Waals surface area contributed by atoms with Gasteiger partial charge in [0.15, 0.2) is 0 Å². The SMILES string of the molecule is Cc1[nH]c2ccc(O)cc2c1C(=O)N(Cc1ccccc1)C1CCCN(CCc2ccccc2)CC1. The lowest BCUT2D eigenvalue weighted by atomic mass is 10.0. The molecule has 1 unspecified atom stereocenters. The van der Waals surface area contributed by atoms with Gasteiger partial charge in [0.05, 0.1) is 5.56 Å². The molecule has 1 atom stereocenters. The standard InChI is InChI=1S/C31H35N3O2/c1-23-30(28-21-27(35)14-15-29(28)32-23)31(36)34(22-25-11-6-3-7-12-25)26-13-8-18-33(20-17-26)19-16-24-9-4-2-5-10-24/h2-7,9-12,14-15,21,26,32,35H,8,13,16-20,22H2,1H3. The second-order valence-electron chi connectivity index (χ2n) is 9.94. The van der Waals surface area contributed by atoms with Gasteiger partial charge in [-0.05, 0) is 68.5 Å². The summed E-state index contributed by atoms with van der Waals surface area (Å²) < 4.78 is 0. The zero-order valence-electron chi connectivity index (χ0n) is 21.0. The number of carbonyl (C=O) groups is 1. The van der Waals surface area contributed by atoms with Crippen LogP contribution in [0.2, 0.25) is 0 Å². The zero-order chi connectivity index (χ0) is 24.9. The maximum absolute atomic E-state index is 14.2. The van der Waals surface area contributed by atoms with Crippen LogP contribution in [0, 0.1) is 6.92 Å². The van der Waals surface area contributed by atoms with Gasteiger partial charge in [-0.2, -0.15) is 0 Å². The third-order valence-electron chi connectivity index (χ3n) is 7.43. The summed E-state index contributed by atoms with van der Waals surface area (Å²) in [4.78, 5) is 22.1. The van der Waals surface area contributed by atoms with Crippen molar-refractivity contribution in [3.05, 3.63) is 101 Å². The molecule has 1 aromatic heterocycles. The quantitative estimate of drug-likeness (QED) is 0.344. The first-order chi connectivity index (χ1) is 17.6. The van der Waals surface area contributed by atoms with Gasteiger partial charge in [-0.1, -0.05) is 60.7 Å². The van der Waals surface area contributed by atoms with E-state index in [1.165, 1.54) is 5.56 Å². The fraction of sp³-hybridized carbons (Fsp3) is 0.323. The van der Waals surface area contributed by atoms with Crippen molar-refractivity contribution in [2.24, 2.45) is 0 Å². The molecule has 1 aliphatic rings. The molecular formula is C31H35N3O2. The minimum Gasteiger partial charge on any atom is -0.508 e. The van der Waals surface area contributed by atoms with Crippen molar-refractivity contribution in [1.29, 1.82) is 0 Å². The summed E-state index contributed by atoms with van der Waals surface area (Å²) in [5.41, 5.74) is 4.90. The monoisotopic (exact) mass is 481 g/mol. The summed E-state index contributed by atoms with van der Waals surface area (Å²) in [6.07, 6.45) is 4.08. The smallest absolute Gasteiger partial charge is 0.256 e. The number of aromatic hydroxyl groups is 1. The van der Waals surface area contributed by atoms with Crippen LogP contribution >= 0.6 is 0 Å². The first-order valence-corrected chi connectivity index (χ1v) is 13.0. The Hall–Kier alpha value is -3.57. The van der Waals surface area contributed by atoms with Crippen molar-refractivity contribution in [3.63, 3.8) is 0 Å². The van der Waals surface area contributed by atoms with Crippen LogP contribution in [-0.4, -0.2) is 51.5 Å². The predicted octanol–water partition coefficient (Wildman–Crippen LogP) is 5.92. The number of aryl methyl sites for hydroxylation is 1. The second-order valence-corrected chi connectivity index (χ2v) is 9.94. The number of rotatable bonds is 7. The molecule has 2 heterocycles. The number of likely N-dealkylation sites (tertiary alicyclic amines) is 1. The Morgan fingerprint density at radius 3 is 2.44 bits per heavy atom. The number of nitrogens with zero attached hydrogens (tertiary/aromatic N) is 2. The lowest BCUT2D eigenvalue weighted by Gasteiger charge is -2.32. The van der Waals surface area contributed by atoms with Gasteiger partial charge < -0.3 is 19.9 Å². The molecule has 1 fully saturated rings. The van der Waals surface area contributed by atoms with Crippen LogP contribution in [0.3, 0.4) is 0 Å². The number of aromatic nitrogens is 1. The summed E-state index contributed by atoms with van der Waals surface area (Å²) in [7, 11) is 0. The molecule has 0 saturated carbocycles. The van der Waals surface area contributed by atoms with Crippen LogP contribution in [0.1, 0.15) is 46.4 Å². The number of nitrogens with one attached hydrogen (secondary N) is 1. The zero-order valence-corrected chi connectivity index (χ0v) is 21.0. The van der Waals surface area contributed by atoms with E-state index in [1.807, 2.05) is 31.2 Å². The highest BCUT2D eigenvalue weighted by molar-refractivity contribution is 6.08. The topological polar surface area (TPSA) is 59.6 Å². The van der Waals surface area contributed by atoms with Crippen molar-refractivity contribution >= 4 is 16.8 Å². The highest BCUT2D eigenvalue weighted by Crippen LogP contribution is 2.30. The number of fused-ring (bicyclic) bond motifs is 1. The van der Waals surface area contributed by atoms with E-state index in [0.29, 0.717) is 12.1 Å². The van der Waals surface area contributed by atoms with Crippen molar-refractivity contribution < 1.29 is 9.90 Å². The third-order valence-corrected chi connectivity index (χ3v) is 7.43. The summed E-state index contributed by atoms with van der Waals surface area (Å²) >= 11 is 0. The van der Waals surface area contributed by atoms with E-state index in [2.05, 4.69) is 57.2 Å². The molecule has 0 radical (unpaired) electrons. The van der Waals surface area contributed by atoms with E-state index in [9.17, 15) is 9.90 Å². The Morgan fingerprint density at radius 2 is 1.69 bits per heavy atom. The molecule has 0 aliphatic carbocycles. The number of phenolic OH excluding ortho intramolecular Hbond substituents is 1. The van der Waals surface area contributed by atoms with E-state index in [0.717, 1.165) is 67.5 Å². The molecular weight excluding hydrogens is 446 g/mol. The number of benzene rings is 3. The van der Waals surface area contributed by atoms with Crippen molar-refractivity contribution in [2.45, 2.75) is 45.2 Å². The van der Waals surface area contributed by atoms with Crippen molar-refractivity contribution in [1.82, 2.24) is 14.8 Å². The average Bonchev–Trinajstić information content (AvgIpc) is 3.06. The first-order valence-electron chi connectivity index (χ1n) is 13.0. The fourth-order valence-corrected chi connectivity index (χ4v) is 5.49. The van der Waals surface area contributed by atoms with Gasteiger partial charge in [0.2, 0.25) is 0 Å². The molecule has 36 heavy (non-hydrogen) atoms. The molecule has 5 rings (SSSR count). The molecule has 0 spiro atoms. The van der Waals surface area contributed by atoms with Gasteiger partial charge in [-0.3, -0.25) is 4.79 Å². The van der Waals surface area contributed by atoms with E-state index in [1.54, 1.807) is 12.1 Å². The Bertz CT molecular complexity index is 1300. The van der Waals surface area contributed by atoms with Crippen LogP contribution in [0.15, 0.2) is 78.9 Å². The Labute approximate surface area is 213 Å². The molecule has 2 N–H and O–H groups in total. The second kappa shape index (κ2) is 11.0. The largest absolute Gasteiger partial charge is 0.508 e. The number of hydrogen-bond acceptors (Lipinski definition) is 3. The molecule has 5 heteroatoms. The maximum Gasteiger partial charge on any atom is 0.256 e. The minimum absolute atomic E-state index is 0.0379. The molecule has 186 valence electrons. The maximum atomic E-state index is 14.2. The van der Waals surface area contributed by atoms with Crippen LogP contribution in [0.4, 0.5) is 0 Å². The highest BCUT2D eigenvalue weighted by atomic mass is 16.3. The summed E-state index contributed by atoms with van der Waals surface area (Å²) in [5, 5.41) is 10.9. The van der Waals surface area contributed by atoms with E-state index in [-0.39, 0.29) is 17.7 Å². The molecule has 3 aromatic carbocycles. The van der Waals surface area contributed by atoms with Crippen molar-refractivity contribution in [2.75, 3.05) is 19.6 Å². The van der Waals surface area contributed by atoms with Gasteiger partial charge in [0.25, 0.3) is 5.91 Å². The van der Waals surface area contributed by atoms with E-state index in [4.69, 9.17) is 0 Å². The van der Waals surface area contributed by atoms with Gasteiger partial charge in [0, 0.05) is 42.3 Å². The lowest BCUT2D eigenvalue weighted by molar-refractivity contribution is 0.0643. The Balaban J connectivity index is 1.37. The first kappa shape index (κ1) is 24.1. The van der Waals surface area contributed by atoms with E-state index < -0.39 is 0 Å². The average molecular weight is 482 g/mol. The molecule has 1 amide bonds. The third kappa shape index (κ3) is 5.47. The number of phenols is 1. The highest BCUT2D eigenvalue weighted by Gasteiger charge is 2.30. The summed E-state index contributed by atoms with van der Waals surface area (Å²) in [5.74, 6) is 0.213. The number of hydrogen-bond donors (Lipinski definition) is 2. The predicted molar refractivity (Wildman–Crippen MR) is 145 cm³/mol. The number of H-pyrrole nitrogens is 1. The number of carbonyl (C=O) groups excluding carboxylic acids is 1. The van der Waals surface area contributed by atoms with Crippen LogP contribution in [0.5, 0.6) is 5.75 Å². The van der Waals surface area contributed by atoms with E-state index >= 15 is 0 Å².